The van der Waals surface area contributed by atoms with Crippen LogP contribution in [0.2, 0.25) is 0 Å². The summed E-state index contributed by atoms with van der Waals surface area (Å²) in [6.45, 7) is 11.2. The highest BCUT2D eigenvalue weighted by Gasteiger charge is 2.14. The summed E-state index contributed by atoms with van der Waals surface area (Å²) in [5, 5.41) is 5.89. The van der Waals surface area contributed by atoms with Gasteiger partial charge in [0, 0.05) is 17.0 Å². The Labute approximate surface area is 127 Å². The zero-order chi connectivity index (χ0) is 14.7. The first-order chi connectivity index (χ1) is 9.47. The van der Waals surface area contributed by atoms with Gasteiger partial charge in [-0.25, -0.2) is 0 Å². The number of nitrogens with one attached hydrogen (secondary N) is 1. The second-order valence-corrected chi connectivity index (χ2v) is 6.92. The molecule has 0 saturated carbocycles. The first-order valence-corrected chi connectivity index (χ1v) is 8.21. The van der Waals surface area contributed by atoms with Gasteiger partial charge in [-0.15, -0.1) is 11.3 Å². The van der Waals surface area contributed by atoms with Crippen molar-refractivity contribution in [1.82, 2.24) is 5.32 Å². The van der Waals surface area contributed by atoms with Crippen molar-refractivity contribution in [3.63, 3.8) is 0 Å². The average molecular weight is 287 g/mol. The van der Waals surface area contributed by atoms with E-state index < -0.39 is 0 Å². The van der Waals surface area contributed by atoms with Crippen LogP contribution in [0.1, 0.15) is 47.0 Å². The number of hydrogen-bond acceptors (Lipinski definition) is 2. The van der Waals surface area contributed by atoms with E-state index in [1.807, 2.05) is 11.3 Å². The van der Waals surface area contributed by atoms with Crippen LogP contribution in [0, 0.1) is 20.8 Å². The largest absolute Gasteiger partial charge is 0.307 e. The second-order valence-electron chi connectivity index (χ2n) is 5.89. The summed E-state index contributed by atoms with van der Waals surface area (Å²) >= 11 is 1.84. The smallest absolute Gasteiger partial charge is 0.0299 e. The van der Waals surface area contributed by atoms with Crippen LogP contribution in [0.15, 0.2) is 29.6 Å². The van der Waals surface area contributed by atoms with Gasteiger partial charge < -0.3 is 5.32 Å². The van der Waals surface area contributed by atoms with Gasteiger partial charge in [-0.3, -0.25) is 0 Å². The van der Waals surface area contributed by atoms with Crippen LogP contribution in [0.3, 0.4) is 0 Å². The van der Waals surface area contributed by atoms with Crippen molar-refractivity contribution < 1.29 is 0 Å². The summed E-state index contributed by atoms with van der Waals surface area (Å²) in [6.07, 6.45) is 1.10. The van der Waals surface area contributed by atoms with E-state index in [9.17, 15) is 0 Å². The van der Waals surface area contributed by atoms with E-state index in [4.69, 9.17) is 0 Å². The molecule has 0 aliphatic heterocycles. The molecule has 0 saturated heterocycles. The summed E-state index contributed by atoms with van der Waals surface area (Å²) in [5.41, 5.74) is 5.59. The maximum absolute atomic E-state index is 3.74. The van der Waals surface area contributed by atoms with Crippen molar-refractivity contribution in [3.05, 3.63) is 56.8 Å². The molecule has 0 fully saturated rings. The maximum Gasteiger partial charge on any atom is 0.0299 e. The molecule has 2 aromatic rings. The zero-order valence-corrected chi connectivity index (χ0v) is 14.0. The van der Waals surface area contributed by atoms with Gasteiger partial charge in [0.1, 0.15) is 0 Å². The molecule has 2 heteroatoms. The topological polar surface area (TPSA) is 12.0 Å². The highest BCUT2D eigenvalue weighted by atomic mass is 32.1. The zero-order valence-electron chi connectivity index (χ0n) is 13.2. The fourth-order valence-corrected chi connectivity index (χ4v) is 4.01. The fourth-order valence-electron chi connectivity index (χ4n) is 3.17. The van der Waals surface area contributed by atoms with Gasteiger partial charge in [-0.1, -0.05) is 23.8 Å². The molecule has 20 heavy (non-hydrogen) atoms. The quantitative estimate of drug-likeness (QED) is 0.820. The minimum Gasteiger partial charge on any atom is -0.307 e. The second kappa shape index (κ2) is 6.55. The van der Waals surface area contributed by atoms with Crippen LogP contribution >= 0.6 is 11.3 Å². The van der Waals surface area contributed by atoms with Gasteiger partial charge in [0.2, 0.25) is 0 Å². The van der Waals surface area contributed by atoms with Crippen LogP contribution in [0.5, 0.6) is 0 Å². The summed E-state index contributed by atoms with van der Waals surface area (Å²) in [6, 6.07) is 9.80. The van der Waals surface area contributed by atoms with Crippen molar-refractivity contribution in [2.24, 2.45) is 0 Å². The van der Waals surface area contributed by atoms with E-state index in [0.29, 0.717) is 12.1 Å². The molecule has 0 bridgehead atoms. The Bertz CT molecular complexity index is 534. The van der Waals surface area contributed by atoms with Crippen molar-refractivity contribution in [1.29, 1.82) is 0 Å². The molecule has 0 spiro atoms. The monoisotopic (exact) mass is 287 g/mol. The average Bonchev–Trinajstić information content (AvgIpc) is 2.79. The maximum atomic E-state index is 3.74. The lowest BCUT2D eigenvalue weighted by Gasteiger charge is -2.23. The number of hydrogen-bond donors (Lipinski definition) is 1. The van der Waals surface area contributed by atoms with E-state index in [1.54, 1.807) is 0 Å². The van der Waals surface area contributed by atoms with E-state index in [1.165, 1.54) is 27.1 Å². The van der Waals surface area contributed by atoms with Crippen LogP contribution in [0.4, 0.5) is 0 Å². The Hall–Kier alpha value is -1.12. The standard InChI is InChI=1S/C18H25NS/c1-12-9-13(2)18(14(3)10-12)16(5)19-15(4)11-17-7-6-8-20-17/h6-10,15-16,19H,11H2,1-5H3. The first-order valence-electron chi connectivity index (χ1n) is 7.33. The molecule has 0 aliphatic carbocycles. The molecule has 1 nitrogen and oxygen atoms in total. The van der Waals surface area contributed by atoms with E-state index in [2.05, 4.69) is 69.6 Å². The third kappa shape index (κ3) is 3.71. The molecule has 1 aromatic carbocycles. The Morgan fingerprint density at radius 3 is 2.30 bits per heavy atom. The van der Waals surface area contributed by atoms with Crippen LogP contribution in [0.25, 0.3) is 0 Å². The van der Waals surface area contributed by atoms with Gasteiger partial charge >= 0.3 is 0 Å². The summed E-state index contributed by atoms with van der Waals surface area (Å²) in [4.78, 5) is 1.45. The fraction of sp³-hybridized carbons (Fsp3) is 0.444. The van der Waals surface area contributed by atoms with E-state index >= 15 is 0 Å². The number of benzene rings is 1. The van der Waals surface area contributed by atoms with Crippen molar-refractivity contribution >= 4 is 11.3 Å². The van der Waals surface area contributed by atoms with Crippen LogP contribution in [-0.2, 0) is 6.42 Å². The molecular formula is C18H25NS. The Morgan fingerprint density at radius 2 is 1.75 bits per heavy atom. The Morgan fingerprint density at radius 1 is 1.10 bits per heavy atom. The molecule has 108 valence electrons. The normalized spacial score (nSPS) is 14.2. The van der Waals surface area contributed by atoms with Crippen molar-refractivity contribution in [2.45, 2.75) is 53.1 Å². The van der Waals surface area contributed by atoms with Gasteiger partial charge in [0.15, 0.2) is 0 Å². The van der Waals surface area contributed by atoms with Crippen LogP contribution < -0.4 is 5.32 Å². The molecule has 2 atom stereocenters. The Balaban J connectivity index is 2.06. The van der Waals surface area contributed by atoms with E-state index in [0.717, 1.165) is 6.42 Å². The van der Waals surface area contributed by atoms with Crippen molar-refractivity contribution in [2.75, 3.05) is 0 Å². The number of rotatable bonds is 5. The minimum atomic E-state index is 0.394. The SMILES string of the molecule is Cc1cc(C)c(C(C)NC(C)Cc2cccs2)c(C)c1. The predicted octanol–water partition coefficient (Wildman–Crippen LogP) is 4.96. The lowest BCUT2D eigenvalue weighted by Crippen LogP contribution is -2.31. The van der Waals surface area contributed by atoms with Crippen molar-refractivity contribution in [3.8, 4) is 0 Å². The first kappa shape index (κ1) is 15.3. The molecule has 1 aromatic heterocycles. The summed E-state index contributed by atoms with van der Waals surface area (Å²) in [5.74, 6) is 0. The van der Waals surface area contributed by atoms with Gasteiger partial charge in [0.05, 0.1) is 0 Å². The molecule has 1 heterocycles. The highest BCUT2D eigenvalue weighted by Crippen LogP contribution is 2.24. The van der Waals surface area contributed by atoms with Crippen LogP contribution in [-0.4, -0.2) is 6.04 Å². The van der Waals surface area contributed by atoms with E-state index in [-0.39, 0.29) is 0 Å². The molecule has 2 unspecified atom stereocenters. The molecule has 2 rings (SSSR count). The molecule has 0 amide bonds. The number of aryl methyl sites for hydroxylation is 3. The lowest BCUT2D eigenvalue weighted by atomic mass is 9.94. The third-order valence-electron chi connectivity index (χ3n) is 3.79. The lowest BCUT2D eigenvalue weighted by molar-refractivity contribution is 0.476. The highest BCUT2D eigenvalue weighted by molar-refractivity contribution is 7.09. The number of thiophene rings is 1. The van der Waals surface area contributed by atoms with Gasteiger partial charge in [-0.05, 0) is 69.2 Å². The summed E-state index contributed by atoms with van der Waals surface area (Å²) in [7, 11) is 0. The Kier molecular flexibility index (Phi) is 5.00. The van der Waals surface area contributed by atoms with Gasteiger partial charge in [0.25, 0.3) is 0 Å². The minimum absolute atomic E-state index is 0.394. The molecule has 0 aliphatic rings. The summed E-state index contributed by atoms with van der Waals surface area (Å²) < 4.78 is 0. The predicted molar refractivity (Wildman–Crippen MR) is 89.7 cm³/mol. The molecule has 1 N–H and O–H groups in total. The molecule has 0 radical (unpaired) electrons. The van der Waals surface area contributed by atoms with Gasteiger partial charge in [-0.2, -0.15) is 0 Å². The molecular weight excluding hydrogens is 262 g/mol. The third-order valence-corrected chi connectivity index (χ3v) is 4.69.